The van der Waals surface area contributed by atoms with Crippen molar-refractivity contribution in [1.29, 1.82) is 0 Å². The molecule has 0 aromatic heterocycles. The maximum atomic E-state index is 12.9. The molecular weight excluding hydrogens is 374 g/mol. The number of amides is 1. The van der Waals surface area contributed by atoms with Gasteiger partial charge < -0.3 is 24.6 Å². The van der Waals surface area contributed by atoms with E-state index >= 15 is 0 Å². The van der Waals surface area contributed by atoms with E-state index in [0.717, 1.165) is 37.7 Å². The Labute approximate surface area is 169 Å². The summed E-state index contributed by atoms with van der Waals surface area (Å²) in [6.45, 7) is 1.77. The maximum absolute atomic E-state index is 12.9. The number of nitrogens with one attached hydrogen (secondary N) is 1. The van der Waals surface area contributed by atoms with Crippen LogP contribution < -0.4 is 14.8 Å². The van der Waals surface area contributed by atoms with Crippen molar-refractivity contribution < 1.29 is 28.9 Å². The van der Waals surface area contributed by atoms with Crippen LogP contribution in [0.25, 0.3) is 0 Å². The first-order valence-corrected chi connectivity index (χ1v) is 10.4. The van der Waals surface area contributed by atoms with Crippen molar-refractivity contribution in [2.24, 2.45) is 17.3 Å². The summed E-state index contributed by atoms with van der Waals surface area (Å²) in [5.74, 6) is 1.48. The largest absolute Gasteiger partial charge is 0.455 e. The number of esters is 1. The van der Waals surface area contributed by atoms with E-state index in [1.54, 1.807) is 0 Å². The Morgan fingerprint density at radius 2 is 1.93 bits per heavy atom. The summed E-state index contributed by atoms with van der Waals surface area (Å²) in [4.78, 5) is 25.2. The average molecular weight is 401 g/mol. The van der Waals surface area contributed by atoms with E-state index < -0.39 is 11.0 Å². The standard InChI is InChI=1S/C22H27NO6/c1-13(16-2-3-17-18(5-16)29-12-28-17)23-19(24)10-27-20(25)21-6-14-4-15(7-21)9-22(26,8-14)11-21/h2-3,5,13-15,26H,4,6-12H2,1H3,(H,23,24)/t13-,14-,15+,21?,22?/m0/s1. The minimum Gasteiger partial charge on any atom is -0.455 e. The lowest BCUT2D eigenvalue weighted by molar-refractivity contribution is -0.196. The fourth-order valence-electron chi connectivity index (χ4n) is 6.29. The molecule has 7 nitrogen and oxygen atoms in total. The second-order valence-corrected chi connectivity index (χ2v) is 9.44. The molecular formula is C22H27NO6. The lowest BCUT2D eigenvalue weighted by atomic mass is 9.48. The number of ether oxygens (including phenoxy) is 3. The first kappa shape index (κ1) is 18.7. The molecule has 4 saturated carbocycles. The highest BCUT2D eigenvalue weighted by Crippen LogP contribution is 2.61. The Hall–Kier alpha value is -2.28. The van der Waals surface area contributed by atoms with E-state index in [1.807, 2.05) is 25.1 Å². The van der Waals surface area contributed by atoms with Gasteiger partial charge in [0, 0.05) is 0 Å². The van der Waals surface area contributed by atoms with Crippen LogP contribution in [0.1, 0.15) is 57.1 Å². The lowest BCUT2D eigenvalue weighted by Crippen LogP contribution is -2.58. The second kappa shape index (κ2) is 6.62. The summed E-state index contributed by atoms with van der Waals surface area (Å²) in [5.41, 5.74) is -0.446. The van der Waals surface area contributed by atoms with Crippen molar-refractivity contribution in [3.8, 4) is 11.5 Å². The molecule has 4 fully saturated rings. The molecule has 1 aromatic carbocycles. The molecule has 7 heteroatoms. The third-order valence-electron chi connectivity index (χ3n) is 7.07. The molecule has 29 heavy (non-hydrogen) atoms. The SMILES string of the molecule is C[C@H](NC(=O)COC(=O)C12C[C@@H]3C[C@@H](CC(O)(C3)C1)C2)c1ccc2c(c1)OCO2. The number of hydrogen-bond acceptors (Lipinski definition) is 6. The summed E-state index contributed by atoms with van der Waals surface area (Å²) in [6.07, 6.45) is 4.73. The zero-order chi connectivity index (χ0) is 20.2. The average Bonchev–Trinajstić information content (AvgIpc) is 3.11. The van der Waals surface area contributed by atoms with Crippen LogP contribution in [0.3, 0.4) is 0 Å². The smallest absolute Gasteiger partial charge is 0.312 e. The van der Waals surface area contributed by atoms with E-state index in [9.17, 15) is 14.7 Å². The summed E-state index contributed by atoms with van der Waals surface area (Å²) in [7, 11) is 0. The predicted octanol–water partition coefficient (Wildman–Crippen LogP) is 2.47. The molecule has 156 valence electrons. The number of fused-ring (bicyclic) bond motifs is 1. The molecule has 1 aromatic rings. The number of rotatable bonds is 5. The van der Waals surface area contributed by atoms with Gasteiger partial charge in [-0.2, -0.15) is 0 Å². The van der Waals surface area contributed by atoms with Crippen molar-refractivity contribution in [2.75, 3.05) is 13.4 Å². The maximum Gasteiger partial charge on any atom is 0.312 e. The molecule has 2 N–H and O–H groups in total. The molecule has 0 radical (unpaired) electrons. The molecule has 1 aliphatic heterocycles. The number of hydrogen-bond donors (Lipinski definition) is 2. The summed E-state index contributed by atoms with van der Waals surface area (Å²) in [5, 5.41) is 13.7. The quantitative estimate of drug-likeness (QED) is 0.736. The molecule has 4 bridgehead atoms. The molecule has 5 aliphatic rings. The van der Waals surface area contributed by atoms with Gasteiger partial charge in [0.2, 0.25) is 6.79 Å². The minimum absolute atomic E-state index is 0.202. The Balaban J connectivity index is 1.17. The van der Waals surface area contributed by atoms with Crippen LogP contribution in [0.4, 0.5) is 0 Å². The Kier molecular flexibility index (Phi) is 4.28. The fraction of sp³-hybridized carbons (Fsp3) is 0.636. The number of benzene rings is 1. The van der Waals surface area contributed by atoms with Gasteiger partial charge in [-0.1, -0.05) is 6.07 Å². The van der Waals surface area contributed by atoms with Gasteiger partial charge in [0.05, 0.1) is 17.1 Å². The first-order chi connectivity index (χ1) is 13.8. The number of carbonyl (C=O) groups is 2. The van der Waals surface area contributed by atoms with Crippen LogP contribution in [-0.2, 0) is 14.3 Å². The van der Waals surface area contributed by atoms with Crippen LogP contribution >= 0.6 is 0 Å². The lowest BCUT2D eigenvalue weighted by Gasteiger charge is -2.58. The number of aliphatic hydroxyl groups is 1. The second-order valence-electron chi connectivity index (χ2n) is 9.44. The Morgan fingerprint density at radius 1 is 1.21 bits per heavy atom. The highest BCUT2D eigenvalue weighted by atomic mass is 16.7. The summed E-state index contributed by atoms with van der Waals surface area (Å²) < 4.78 is 16.1. The first-order valence-electron chi connectivity index (χ1n) is 10.4. The van der Waals surface area contributed by atoms with Crippen LogP contribution in [0.2, 0.25) is 0 Å². The van der Waals surface area contributed by atoms with Crippen molar-refractivity contribution in [2.45, 2.75) is 57.1 Å². The molecule has 0 saturated heterocycles. The molecule has 1 amide bonds. The third-order valence-corrected chi connectivity index (χ3v) is 7.07. The van der Waals surface area contributed by atoms with Crippen LogP contribution in [0.5, 0.6) is 11.5 Å². The van der Waals surface area contributed by atoms with Crippen molar-refractivity contribution in [1.82, 2.24) is 5.32 Å². The van der Waals surface area contributed by atoms with Crippen molar-refractivity contribution in [3.05, 3.63) is 23.8 Å². The van der Waals surface area contributed by atoms with Gasteiger partial charge in [0.15, 0.2) is 18.1 Å². The Bertz CT molecular complexity index is 838. The van der Waals surface area contributed by atoms with E-state index in [1.165, 1.54) is 0 Å². The van der Waals surface area contributed by atoms with E-state index in [2.05, 4.69) is 5.32 Å². The minimum atomic E-state index is -0.723. The molecule has 6 rings (SSSR count). The van der Waals surface area contributed by atoms with Gasteiger partial charge in [-0.15, -0.1) is 0 Å². The molecule has 0 spiro atoms. The van der Waals surface area contributed by atoms with E-state index in [-0.39, 0.29) is 31.3 Å². The highest BCUT2D eigenvalue weighted by Gasteiger charge is 2.60. The number of carbonyl (C=O) groups excluding carboxylic acids is 2. The zero-order valence-corrected chi connectivity index (χ0v) is 16.6. The molecule has 1 heterocycles. The summed E-state index contributed by atoms with van der Waals surface area (Å²) >= 11 is 0. The van der Waals surface area contributed by atoms with Crippen LogP contribution in [-0.4, -0.2) is 36.0 Å². The van der Waals surface area contributed by atoms with Gasteiger partial charge in [0.1, 0.15) is 0 Å². The molecule has 5 atom stereocenters. The molecule has 4 aliphatic carbocycles. The summed E-state index contributed by atoms with van der Waals surface area (Å²) in [6, 6.07) is 5.28. The van der Waals surface area contributed by atoms with Crippen LogP contribution in [0.15, 0.2) is 18.2 Å². The third kappa shape index (κ3) is 3.35. The molecule has 2 unspecified atom stereocenters. The van der Waals surface area contributed by atoms with Crippen molar-refractivity contribution >= 4 is 11.9 Å². The van der Waals surface area contributed by atoms with Gasteiger partial charge in [-0.25, -0.2) is 0 Å². The zero-order valence-electron chi connectivity index (χ0n) is 16.6. The topological polar surface area (TPSA) is 94.1 Å². The van der Waals surface area contributed by atoms with Crippen molar-refractivity contribution in [3.63, 3.8) is 0 Å². The van der Waals surface area contributed by atoms with Crippen LogP contribution in [0, 0.1) is 17.3 Å². The van der Waals surface area contributed by atoms with Gasteiger partial charge >= 0.3 is 5.97 Å². The Morgan fingerprint density at radius 3 is 2.66 bits per heavy atom. The van der Waals surface area contributed by atoms with E-state index in [0.29, 0.717) is 29.8 Å². The van der Waals surface area contributed by atoms with E-state index in [4.69, 9.17) is 14.2 Å². The van der Waals surface area contributed by atoms with Gasteiger partial charge in [-0.3, -0.25) is 9.59 Å². The normalized spacial score (nSPS) is 34.7. The van der Waals surface area contributed by atoms with Gasteiger partial charge in [0.25, 0.3) is 5.91 Å². The highest BCUT2D eigenvalue weighted by molar-refractivity contribution is 5.83. The van der Waals surface area contributed by atoms with Gasteiger partial charge in [-0.05, 0) is 75.0 Å². The predicted molar refractivity (Wildman–Crippen MR) is 102 cm³/mol. The monoisotopic (exact) mass is 401 g/mol. The fourth-order valence-corrected chi connectivity index (χ4v) is 6.29.